The average Bonchev–Trinajstić information content (AvgIpc) is 2.51. The van der Waals surface area contributed by atoms with Crippen LogP contribution in [-0.2, 0) is 9.47 Å². The van der Waals surface area contributed by atoms with Gasteiger partial charge in [0.15, 0.2) is 6.29 Å². The van der Waals surface area contributed by atoms with Crippen molar-refractivity contribution in [1.29, 1.82) is 0 Å². The van der Waals surface area contributed by atoms with Crippen molar-refractivity contribution in [1.82, 2.24) is 0 Å². The summed E-state index contributed by atoms with van der Waals surface area (Å²) in [5, 5.41) is 28.7. The molecule has 0 saturated carbocycles. The molecule has 1 aromatic carbocycles. The highest BCUT2D eigenvalue weighted by molar-refractivity contribution is 5.23. The van der Waals surface area contributed by atoms with Gasteiger partial charge in [-0.15, -0.1) is 0 Å². The summed E-state index contributed by atoms with van der Waals surface area (Å²) in [6.07, 6.45) is -2.55. The molecule has 5 unspecified atom stereocenters. The minimum atomic E-state index is -1.22. The van der Waals surface area contributed by atoms with E-state index in [1.54, 1.807) is 0 Å². The lowest BCUT2D eigenvalue weighted by molar-refractivity contribution is -0.270. The molecular weight excluding hydrogens is 284 g/mol. The third kappa shape index (κ3) is 4.51. The molecule has 1 saturated heterocycles. The van der Waals surface area contributed by atoms with Gasteiger partial charge in [0.05, 0.1) is 6.61 Å². The molecule has 0 bridgehead atoms. The van der Waals surface area contributed by atoms with E-state index in [9.17, 15) is 15.3 Å². The summed E-state index contributed by atoms with van der Waals surface area (Å²) in [6, 6.07) is 8.52. The zero-order valence-electron chi connectivity index (χ0n) is 13.2. The summed E-state index contributed by atoms with van der Waals surface area (Å²) < 4.78 is 10.7. The molecule has 22 heavy (non-hydrogen) atoms. The molecule has 0 aliphatic carbocycles. The van der Waals surface area contributed by atoms with Gasteiger partial charge in [0.2, 0.25) is 0 Å². The molecule has 2 rings (SSSR count). The fourth-order valence-electron chi connectivity index (χ4n) is 2.58. The van der Waals surface area contributed by atoms with Crippen LogP contribution >= 0.6 is 0 Å². The van der Waals surface area contributed by atoms with Crippen LogP contribution in [0.5, 0.6) is 0 Å². The Morgan fingerprint density at radius 3 is 2.55 bits per heavy atom. The van der Waals surface area contributed by atoms with Crippen LogP contribution in [0.15, 0.2) is 24.3 Å². The van der Waals surface area contributed by atoms with Crippen molar-refractivity contribution in [3.63, 3.8) is 0 Å². The Kier molecular flexibility index (Phi) is 6.35. The lowest BCUT2D eigenvalue weighted by Crippen LogP contribution is -2.53. The van der Waals surface area contributed by atoms with Crippen molar-refractivity contribution in [3.05, 3.63) is 35.4 Å². The zero-order chi connectivity index (χ0) is 16.1. The third-order valence-electron chi connectivity index (χ3n) is 4.16. The second-order valence-electron chi connectivity index (χ2n) is 6.08. The Labute approximate surface area is 131 Å². The number of ether oxygens (including phenoxy) is 2. The molecule has 1 heterocycles. The molecule has 124 valence electrons. The Morgan fingerprint density at radius 2 is 1.86 bits per heavy atom. The number of hydrogen-bond donors (Lipinski definition) is 3. The maximum absolute atomic E-state index is 9.76. The number of benzene rings is 1. The van der Waals surface area contributed by atoms with Gasteiger partial charge in [0.25, 0.3) is 0 Å². The van der Waals surface area contributed by atoms with E-state index in [1.165, 1.54) is 11.1 Å². The normalized spacial score (nSPS) is 30.2. The van der Waals surface area contributed by atoms with Crippen molar-refractivity contribution >= 4 is 0 Å². The first-order valence-corrected chi connectivity index (χ1v) is 7.83. The topological polar surface area (TPSA) is 79.2 Å². The van der Waals surface area contributed by atoms with Crippen LogP contribution in [0, 0.1) is 6.92 Å². The molecule has 5 heteroatoms. The molecular formula is C17H26O5. The number of aliphatic hydroxyl groups excluding tert-OH is 3. The Balaban J connectivity index is 1.69. The quantitative estimate of drug-likeness (QED) is 0.691. The van der Waals surface area contributed by atoms with Crippen LogP contribution < -0.4 is 0 Å². The van der Waals surface area contributed by atoms with Gasteiger partial charge in [-0.2, -0.15) is 0 Å². The lowest BCUT2D eigenvalue weighted by atomic mass is 9.96. The largest absolute Gasteiger partial charge is 0.388 e. The van der Waals surface area contributed by atoms with Crippen LogP contribution in [0.3, 0.4) is 0 Å². The Morgan fingerprint density at radius 1 is 1.18 bits per heavy atom. The van der Waals surface area contributed by atoms with Crippen LogP contribution in [0.1, 0.15) is 36.8 Å². The van der Waals surface area contributed by atoms with E-state index in [1.807, 2.05) is 0 Å². The molecule has 1 aliphatic rings. The van der Waals surface area contributed by atoms with Gasteiger partial charge in [-0.05, 0) is 31.2 Å². The second kappa shape index (κ2) is 8.04. The Bertz CT molecular complexity index is 447. The molecule has 0 spiro atoms. The number of hydrogen-bond acceptors (Lipinski definition) is 5. The van der Waals surface area contributed by atoms with Crippen LogP contribution in [0.25, 0.3) is 0 Å². The van der Waals surface area contributed by atoms with Gasteiger partial charge in [-0.3, -0.25) is 0 Å². The average molecular weight is 310 g/mol. The molecule has 1 aromatic rings. The van der Waals surface area contributed by atoms with E-state index in [-0.39, 0.29) is 6.61 Å². The maximum atomic E-state index is 9.76. The maximum Gasteiger partial charge on any atom is 0.186 e. The first-order chi connectivity index (χ1) is 10.5. The summed E-state index contributed by atoms with van der Waals surface area (Å²) in [7, 11) is 0. The monoisotopic (exact) mass is 310 g/mol. The smallest absolute Gasteiger partial charge is 0.186 e. The van der Waals surface area contributed by atoms with E-state index in [4.69, 9.17) is 9.47 Å². The van der Waals surface area contributed by atoms with Gasteiger partial charge >= 0.3 is 0 Å². The van der Waals surface area contributed by atoms with Gasteiger partial charge < -0.3 is 24.8 Å². The first kappa shape index (κ1) is 17.4. The molecule has 1 fully saturated rings. The number of rotatable bonds is 6. The summed E-state index contributed by atoms with van der Waals surface area (Å²) in [5.41, 5.74) is 2.56. The van der Waals surface area contributed by atoms with Gasteiger partial charge in [0, 0.05) is 6.61 Å². The zero-order valence-corrected chi connectivity index (χ0v) is 13.2. The van der Waals surface area contributed by atoms with Crippen LogP contribution in [0.2, 0.25) is 0 Å². The SMILES string of the molecule is Cc1ccc(C(C)CCCOC2OCC(O)C(O)C2O)cc1. The molecule has 0 aromatic heterocycles. The summed E-state index contributed by atoms with van der Waals surface area (Å²) in [5.74, 6) is 0.439. The summed E-state index contributed by atoms with van der Waals surface area (Å²) >= 11 is 0. The van der Waals surface area contributed by atoms with E-state index >= 15 is 0 Å². The van der Waals surface area contributed by atoms with Crippen LogP contribution in [0.4, 0.5) is 0 Å². The number of aliphatic hydroxyl groups is 3. The van der Waals surface area contributed by atoms with Crippen molar-refractivity contribution < 1.29 is 24.8 Å². The molecule has 5 nitrogen and oxygen atoms in total. The third-order valence-corrected chi connectivity index (χ3v) is 4.16. The Hall–Kier alpha value is -0.980. The fourth-order valence-corrected chi connectivity index (χ4v) is 2.58. The lowest BCUT2D eigenvalue weighted by Gasteiger charge is -2.34. The second-order valence-corrected chi connectivity index (χ2v) is 6.08. The van der Waals surface area contributed by atoms with E-state index < -0.39 is 24.6 Å². The molecule has 0 amide bonds. The molecule has 5 atom stereocenters. The summed E-state index contributed by atoms with van der Waals surface area (Å²) in [6.45, 7) is 4.67. The van der Waals surface area contributed by atoms with E-state index in [0.29, 0.717) is 12.5 Å². The van der Waals surface area contributed by atoms with Crippen molar-refractivity contribution in [3.8, 4) is 0 Å². The molecule has 3 N–H and O–H groups in total. The van der Waals surface area contributed by atoms with Gasteiger partial charge in [-0.1, -0.05) is 36.8 Å². The minimum absolute atomic E-state index is 0.0251. The number of aryl methyl sites for hydroxylation is 1. The predicted molar refractivity (Wildman–Crippen MR) is 82.5 cm³/mol. The van der Waals surface area contributed by atoms with E-state index in [2.05, 4.69) is 38.1 Å². The van der Waals surface area contributed by atoms with Gasteiger partial charge in [0.1, 0.15) is 18.3 Å². The molecule has 0 radical (unpaired) electrons. The van der Waals surface area contributed by atoms with Crippen molar-refractivity contribution in [2.75, 3.05) is 13.2 Å². The fraction of sp³-hybridized carbons (Fsp3) is 0.647. The van der Waals surface area contributed by atoms with Crippen LogP contribution in [-0.4, -0.2) is 53.1 Å². The highest BCUT2D eigenvalue weighted by atomic mass is 16.7. The molecule has 1 aliphatic heterocycles. The highest BCUT2D eigenvalue weighted by Crippen LogP contribution is 2.22. The highest BCUT2D eigenvalue weighted by Gasteiger charge is 2.37. The first-order valence-electron chi connectivity index (χ1n) is 7.83. The van der Waals surface area contributed by atoms with E-state index in [0.717, 1.165) is 12.8 Å². The minimum Gasteiger partial charge on any atom is -0.388 e. The predicted octanol–water partition coefficient (Wildman–Crippen LogP) is 1.33. The van der Waals surface area contributed by atoms with Crippen molar-refractivity contribution in [2.24, 2.45) is 0 Å². The standard InChI is InChI=1S/C17H26O5/c1-11-5-7-13(8-6-11)12(2)4-3-9-21-17-16(20)15(19)14(18)10-22-17/h5-8,12,14-20H,3-4,9-10H2,1-2H3. The van der Waals surface area contributed by atoms with Crippen molar-refractivity contribution in [2.45, 2.75) is 57.2 Å². The van der Waals surface area contributed by atoms with Gasteiger partial charge in [-0.25, -0.2) is 0 Å². The summed E-state index contributed by atoms with van der Waals surface area (Å²) in [4.78, 5) is 0.